The summed E-state index contributed by atoms with van der Waals surface area (Å²) in [6.45, 7) is 8.43. The van der Waals surface area contributed by atoms with Crippen LogP contribution in [0.2, 0.25) is 5.02 Å². The molecule has 2 nitrogen and oxygen atoms in total. The molecule has 0 aromatic heterocycles. The van der Waals surface area contributed by atoms with Crippen molar-refractivity contribution >= 4 is 17.3 Å². The molecule has 0 unspecified atom stereocenters. The summed E-state index contributed by atoms with van der Waals surface area (Å²) in [5.41, 5.74) is 7.95. The van der Waals surface area contributed by atoms with Gasteiger partial charge in [-0.15, -0.1) is 0 Å². The van der Waals surface area contributed by atoms with Crippen molar-refractivity contribution in [3.63, 3.8) is 0 Å². The highest BCUT2D eigenvalue weighted by Gasteiger charge is 2.11. The summed E-state index contributed by atoms with van der Waals surface area (Å²) in [6.07, 6.45) is 4.61. The van der Waals surface area contributed by atoms with Crippen molar-refractivity contribution in [2.75, 3.05) is 18.0 Å². The number of nitrogens with zero attached hydrogens (tertiary/aromatic N) is 1. The Labute approximate surface area is 122 Å². The van der Waals surface area contributed by atoms with Gasteiger partial charge in [0.15, 0.2) is 0 Å². The molecule has 108 valence electrons. The van der Waals surface area contributed by atoms with Gasteiger partial charge in [-0.1, -0.05) is 37.4 Å². The highest BCUT2D eigenvalue weighted by atomic mass is 35.5. The van der Waals surface area contributed by atoms with Crippen molar-refractivity contribution in [1.29, 1.82) is 0 Å². The Morgan fingerprint density at radius 2 is 2.00 bits per heavy atom. The molecule has 0 amide bonds. The van der Waals surface area contributed by atoms with E-state index in [4.69, 9.17) is 17.3 Å². The summed E-state index contributed by atoms with van der Waals surface area (Å²) >= 11 is 6.34. The fourth-order valence-corrected chi connectivity index (χ4v) is 2.56. The zero-order valence-electron chi connectivity index (χ0n) is 12.5. The van der Waals surface area contributed by atoms with Crippen LogP contribution in [0.25, 0.3) is 0 Å². The van der Waals surface area contributed by atoms with Gasteiger partial charge in [0, 0.05) is 23.3 Å². The molecule has 0 spiro atoms. The van der Waals surface area contributed by atoms with E-state index in [-0.39, 0.29) is 0 Å². The Balaban J connectivity index is 2.81. The zero-order chi connectivity index (χ0) is 14.3. The van der Waals surface area contributed by atoms with E-state index in [1.807, 2.05) is 0 Å². The minimum atomic E-state index is 0.494. The van der Waals surface area contributed by atoms with Crippen LogP contribution < -0.4 is 10.6 Å². The van der Waals surface area contributed by atoms with Crippen LogP contribution in [-0.2, 0) is 6.42 Å². The molecule has 0 aliphatic carbocycles. The first kappa shape index (κ1) is 16.3. The third kappa shape index (κ3) is 5.04. The van der Waals surface area contributed by atoms with E-state index in [2.05, 4.69) is 43.9 Å². The first-order valence-corrected chi connectivity index (χ1v) is 7.73. The molecule has 0 bridgehead atoms. The Hall–Kier alpha value is -0.730. The van der Waals surface area contributed by atoms with Crippen molar-refractivity contribution < 1.29 is 0 Å². The molecular formula is C16H27ClN2. The predicted octanol–water partition coefficient (Wildman–Crippen LogP) is 4.25. The van der Waals surface area contributed by atoms with Crippen LogP contribution in [0.4, 0.5) is 5.69 Å². The van der Waals surface area contributed by atoms with Crippen molar-refractivity contribution in [3.8, 4) is 0 Å². The van der Waals surface area contributed by atoms with Gasteiger partial charge in [-0.2, -0.15) is 0 Å². The lowest BCUT2D eigenvalue weighted by atomic mass is 10.1. The second-order valence-electron chi connectivity index (χ2n) is 5.31. The van der Waals surface area contributed by atoms with Crippen molar-refractivity contribution in [3.05, 3.63) is 28.8 Å². The molecule has 1 rings (SSSR count). The Kier molecular flexibility index (Phi) is 7.25. The highest BCUT2D eigenvalue weighted by molar-refractivity contribution is 6.31. The van der Waals surface area contributed by atoms with Crippen molar-refractivity contribution in [1.82, 2.24) is 0 Å². The van der Waals surface area contributed by atoms with Gasteiger partial charge >= 0.3 is 0 Å². The van der Waals surface area contributed by atoms with Crippen LogP contribution in [-0.4, -0.2) is 19.1 Å². The minimum Gasteiger partial charge on any atom is -0.369 e. The molecular weight excluding hydrogens is 256 g/mol. The molecule has 3 heteroatoms. The van der Waals surface area contributed by atoms with Crippen molar-refractivity contribution in [2.45, 2.75) is 52.5 Å². The molecule has 0 aliphatic rings. The summed E-state index contributed by atoms with van der Waals surface area (Å²) in [5, 5.41) is 0.837. The maximum Gasteiger partial charge on any atom is 0.0459 e. The second-order valence-corrected chi connectivity index (χ2v) is 5.72. The highest BCUT2D eigenvalue weighted by Crippen LogP contribution is 2.25. The van der Waals surface area contributed by atoms with E-state index in [0.29, 0.717) is 12.6 Å². The largest absolute Gasteiger partial charge is 0.369 e. The third-order valence-electron chi connectivity index (χ3n) is 3.41. The Bertz CT molecular complexity index is 377. The van der Waals surface area contributed by atoms with Crippen LogP contribution in [0.1, 0.15) is 45.6 Å². The standard InChI is InChI=1S/C16H27ClN2/c1-4-5-6-11-19(13(2)3)15-8-7-14(9-10-18)16(17)12-15/h7-8,12-13H,4-6,9-11,18H2,1-3H3. The average Bonchev–Trinajstić information content (AvgIpc) is 2.37. The number of nitrogens with two attached hydrogens (primary N) is 1. The lowest BCUT2D eigenvalue weighted by Crippen LogP contribution is -2.31. The molecule has 2 N–H and O–H groups in total. The van der Waals surface area contributed by atoms with Crippen LogP contribution in [0.15, 0.2) is 18.2 Å². The van der Waals surface area contributed by atoms with Crippen LogP contribution in [0.5, 0.6) is 0 Å². The summed E-state index contributed by atoms with van der Waals surface area (Å²) in [4.78, 5) is 2.42. The molecule has 1 aromatic rings. The molecule has 0 fully saturated rings. The van der Waals surface area contributed by atoms with Gasteiger partial charge in [-0.05, 0) is 50.9 Å². The smallest absolute Gasteiger partial charge is 0.0459 e. The van der Waals surface area contributed by atoms with E-state index in [1.165, 1.54) is 24.9 Å². The number of hydrogen-bond donors (Lipinski definition) is 1. The molecule has 0 atom stereocenters. The van der Waals surface area contributed by atoms with Crippen LogP contribution in [0, 0.1) is 0 Å². The maximum absolute atomic E-state index is 6.34. The molecule has 0 radical (unpaired) electrons. The molecule has 19 heavy (non-hydrogen) atoms. The fraction of sp³-hybridized carbons (Fsp3) is 0.625. The van der Waals surface area contributed by atoms with Gasteiger partial charge in [0.1, 0.15) is 0 Å². The summed E-state index contributed by atoms with van der Waals surface area (Å²) in [6, 6.07) is 6.86. The SMILES string of the molecule is CCCCCN(c1ccc(CCN)c(Cl)c1)C(C)C. The van der Waals surface area contributed by atoms with Crippen LogP contribution in [0.3, 0.4) is 0 Å². The Morgan fingerprint density at radius 1 is 1.26 bits per heavy atom. The van der Waals surface area contributed by atoms with Crippen molar-refractivity contribution in [2.24, 2.45) is 5.73 Å². The number of benzene rings is 1. The lowest BCUT2D eigenvalue weighted by Gasteiger charge is -2.29. The van der Waals surface area contributed by atoms with Gasteiger partial charge in [0.05, 0.1) is 0 Å². The normalized spacial score (nSPS) is 11.1. The first-order valence-electron chi connectivity index (χ1n) is 7.35. The lowest BCUT2D eigenvalue weighted by molar-refractivity contribution is 0.626. The van der Waals surface area contributed by atoms with Gasteiger partial charge in [0.25, 0.3) is 0 Å². The number of hydrogen-bond acceptors (Lipinski definition) is 2. The van der Waals surface area contributed by atoms with E-state index >= 15 is 0 Å². The van der Waals surface area contributed by atoms with E-state index < -0.39 is 0 Å². The van der Waals surface area contributed by atoms with E-state index in [9.17, 15) is 0 Å². The maximum atomic E-state index is 6.34. The van der Waals surface area contributed by atoms with E-state index in [0.717, 1.165) is 23.6 Å². The van der Waals surface area contributed by atoms with Gasteiger partial charge in [0.2, 0.25) is 0 Å². The molecule has 0 saturated carbocycles. The number of unbranched alkanes of at least 4 members (excludes halogenated alkanes) is 2. The van der Waals surface area contributed by atoms with E-state index in [1.54, 1.807) is 0 Å². The van der Waals surface area contributed by atoms with Gasteiger partial charge in [-0.3, -0.25) is 0 Å². The summed E-state index contributed by atoms with van der Waals surface area (Å²) in [5.74, 6) is 0. The fourth-order valence-electron chi connectivity index (χ4n) is 2.29. The average molecular weight is 283 g/mol. The molecule has 0 aliphatic heterocycles. The first-order chi connectivity index (χ1) is 9.10. The van der Waals surface area contributed by atoms with Gasteiger partial charge in [-0.25, -0.2) is 0 Å². The molecule has 1 aromatic carbocycles. The topological polar surface area (TPSA) is 29.3 Å². The third-order valence-corrected chi connectivity index (χ3v) is 3.76. The number of rotatable bonds is 8. The zero-order valence-corrected chi connectivity index (χ0v) is 13.2. The minimum absolute atomic E-state index is 0.494. The number of anilines is 1. The summed E-state index contributed by atoms with van der Waals surface area (Å²) < 4.78 is 0. The number of halogens is 1. The Morgan fingerprint density at radius 3 is 2.53 bits per heavy atom. The molecule has 0 saturated heterocycles. The van der Waals surface area contributed by atoms with Gasteiger partial charge < -0.3 is 10.6 Å². The van der Waals surface area contributed by atoms with Crippen LogP contribution >= 0.6 is 11.6 Å². The predicted molar refractivity (Wildman–Crippen MR) is 86.2 cm³/mol. The monoisotopic (exact) mass is 282 g/mol. The summed E-state index contributed by atoms with van der Waals surface area (Å²) in [7, 11) is 0. The molecule has 0 heterocycles. The second kappa shape index (κ2) is 8.44. The quantitative estimate of drug-likeness (QED) is 0.723.